The van der Waals surface area contributed by atoms with Gasteiger partial charge in [-0.3, -0.25) is 9.59 Å². The van der Waals surface area contributed by atoms with E-state index in [1.54, 1.807) is 11.3 Å². The van der Waals surface area contributed by atoms with Gasteiger partial charge in [-0.05, 0) is 45.7 Å². The number of aromatic amines is 1. The smallest absolute Gasteiger partial charge is 0.259 e. The first-order valence-electron chi connectivity index (χ1n) is 8.57. The van der Waals surface area contributed by atoms with E-state index in [0.717, 1.165) is 28.2 Å². The normalized spacial score (nSPS) is 17.9. The van der Waals surface area contributed by atoms with Crippen LogP contribution in [0.3, 0.4) is 0 Å². The van der Waals surface area contributed by atoms with E-state index < -0.39 is 0 Å². The second kappa shape index (κ2) is 9.21. The molecule has 2 atom stereocenters. The zero-order valence-corrected chi connectivity index (χ0v) is 17.6. The number of H-pyrrole nitrogens is 1. The largest absolute Gasteiger partial charge is 0.354 e. The molecule has 1 aliphatic rings. The second-order valence-electron chi connectivity index (χ2n) is 6.47. The van der Waals surface area contributed by atoms with Crippen LogP contribution < -0.4 is 16.2 Å². The van der Waals surface area contributed by atoms with Gasteiger partial charge >= 0.3 is 0 Å². The molecule has 144 valence electrons. The van der Waals surface area contributed by atoms with E-state index in [0.29, 0.717) is 29.6 Å². The molecule has 0 aromatic carbocycles. The van der Waals surface area contributed by atoms with Crippen LogP contribution in [0, 0.1) is 13.8 Å². The van der Waals surface area contributed by atoms with Crippen molar-refractivity contribution in [3.63, 3.8) is 0 Å². The molecule has 0 aliphatic carbocycles. The van der Waals surface area contributed by atoms with Crippen LogP contribution in [0.25, 0.3) is 10.2 Å². The third-order valence-electron chi connectivity index (χ3n) is 4.61. The lowest BCUT2D eigenvalue weighted by Gasteiger charge is -2.15. The Morgan fingerprint density at radius 1 is 1.46 bits per heavy atom. The van der Waals surface area contributed by atoms with Gasteiger partial charge in [0.1, 0.15) is 10.7 Å². The van der Waals surface area contributed by atoms with Gasteiger partial charge in [0.05, 0.1) is 16.4 Å². The number of carbonyl (C=O) groups excluding carboxylic acids is 1. The van der Waals surface area contributed by atoms with Crippen molar-refractivity contribution in [1.82, 2.24) is 20.6 Å². The SMILES string of the molecule is Cc1sc2nc(CSC(C)C(=O)NCC3CCCN3)[nH]c(=O)c2c1C.Cl. The zero-order valence-electron chi connectivity index (χ0n) is 15.2. The molecule has 3 N–H and O–H groups in total. The van der Waals surface area contributed by atoms with Gasteiger partial charge in [0, 0.05) is 17.5 Å². The molecule has 0 spiro atoms. The molecule has 26 heavy (non-hydrogen) atoms. The highest BCUT2D eigenvalue weighted by Crippen LogP contribution is 2.26. The maximum absolute atomic E-state index is 12.3. The number of hydrogen-bond acceptors (Lipinski definition) is 6. The summed E-state index contributed by atoms with van der Waals surface area (Å²) in [4.78, 5) is 33.8. The number of thiophene rings is 1. The molecule has 0 radical (unpaired) electrons. The summed E-state index contributed by atoms with van der Waals surface area (Å²) in [5.41, 5.74) is 0.910. The van der Waals surface area contributed by atoms with Crippen molar-refractivity contribution < 1.29 is 4.79 Å². The van der Waals surface area contributed by atoms with E-state index in [-0.39, 0.29) is 29.1 Å². The van der Waals surface area contributed by atoms with Crippen LogP contribution in [-0.4, -0.2) is 40.3 Å². The lowest BCUT2D eigenvalue weighted by Crippen LogP contribution is -2.40. The van der Waals surface area contributed by atoms with Gasteiger partial charge in [-0.15, -0.1) is 35.5 Å². The molecular formula is C17H25ClN4O2S2. The molecule has 3 heterocycles. The molecule has 1 amide bonds. The van der Waals surface area contributed by atoms with Crippen LogP contribution in [0.15, 0.2) is 4.79 Å². The highest BCUT2D eigenvalue weighted by atomic mass is 35.5. The van der Waals surface area contributed by atoms with E-state index in [1.165, 1.54) is 18.2 Å². The van der Waals surface area contributed by atoms with Crippen LogP contribution in [0.1, 0.15) is 36.0 Å². The maximum Gasteiger partial charge on any atom is 0.259 e. The Labute approximate surface area is 167 Å². The van der Waals surface area contributed by atoms with Gasteiger partial charge in [-0.25, -0.2) is 4.98 Å². The monoisotopic (exact) mass is 416 g/mol. The van der Waals surface area contributed by atoms with Crippen molar-refractivity contribution in [1.29, 1.82) is 0 Å². The van der Waals surface area contributed by atoms with E-state index in [1.807, 2.05) is 20.8 Å². The number of nitrogens with one attached hydrogen (secondary N) is 3. The first-order chi connectivity index (χ1) is 12.0. The summed E-state index contributed by atoms with van der Waals surface area (Å²) in [5, 5.41) is 6.87. The van der Waals surface area contributed by atoms with E-state index in [4.69, 9.17) is 0 Å². The lowest BCUT2D eigenvalue weighted by molar-refractivity contribution is -0.120. The molecule has 9 heteroatoms. The van der Waals surface area contributed by atoms with E-state index >= 15 is 0 Å². The number of nitrogens with zero attached hydrogens (tertiary/aromatic N) is 1. The summed E-state index contributed by atoms with van der Waals surface area (Å²) in [7, 11) is 0. The number of rotatable bonds is 6. The molecule has 1 saturated heterocycles. The van der Waals surface area contributed by atoms with Crippen molar-refractivity contribution >= 4 is 51.6 Å². The standard InChI is InChI=1S/C17H24N4O2S2.ClH/c1-9-10(2)25-17-14(9)16(23)20-13(21-17)8-24-11(3)15(22)19-7-12-5-4-6-18-12;/h11-12,18H,4-8H2,1-3H3,(H,19,22)(H,20,21,23);1H. The molecule has 2 unspecified atom stereocenters. The van der Waals surface area contributed by atoms with Crippen molar-refractivity contribution in [3.05, 3.63) is 26.6 Å². The Hall–Kier alpha value is -1.09. The average Bonchev–Trinajstić information content (AvgIpc) is 3.19. The molecule has 3 rings (SSSR count). The molecule has 1 aliphatic heterocycles. The van der Waals surface area contributed by atoms with Gasteiger partial charge in [0.15, 0.2) is 0 Å². The number of aromatic nitrogens is 2. The first-order valence-corrected chi connectivity index (χ1v) is 10.4. The van der Waals surface area contributed by atoms with Gasteiger partial charge in [0.25, 0.3) is 5.56 Å². The summed E-state index contributed by atoms with van der Waals surface area (Å²) in [6.45, 7) is 7.55. The summed E-state index contributed by atoms with van der Waals surface area (Å²) < 4.78 is 0. The number of fused-ring (bicyclic) bond motifs is 1. The fourth-order valence-electron chi connectivity index (χ4n) is 2.95. The van der Waals surface area contributed by atoms with Crippen molar-refractivity contribution in [3.8, 4) is 0 Å². The van der Waals surface area contributed by atoms with Gasteiger partial charge < -0.3 is 15.6 Å². The molecule has 6 nitrogen and oxygen atoms in total. The summed E-state index contributed by atoms with van der Waals surface area (Å²) in [5.74, 6) is 1.17. The Kier molecular flexibility index (Phi) is 7.52. The summed E-state index contributed by atoms with van der Waals surface area (Å²) in [6.07, 6.45) is 2.29. The van der Waals surface area contributed by atoms with Crippen LogP contribution >= 0.6 is 35.5 Å². The van der Waals surface area contributed by atoms with Crippen LogP contribution in [0.4, 0.5) is 0 Å². The molecular weight excluding hydrogens is 392 g/mol. The Morgan fingerprint density at radius 3 is 2.92 bits per heavy atom. The highest BCUT2D eigenvalue weighted by molar-refractivity contribution is 7.99. The maximum atomic E-state index is 12.3. The fourth-order valence-corrected chi connectivity index (χ4v) is 4.77. The van der Waals surface area contributed by atoms with Crippen molar-refractivity contribution in [2.24, 2.45) is 0 Å². The molecule has 1 fully saturated rings. The molecule has 2 aromatic rings. The minimum Gasteiger partial charge on any atom is -0.354 e. The quantitative estimate of drug-likeness (QED) is 0.673. The predicted molar refractivity (Wildman–Crippen MR) is 112 cm³/mol. The number of halogens is 1. The number of thioether (sulfide) groups is 1. The summed E-state index contributed by atoms with van der Waals surface area (Å²) in [6, 6.07) is 0.395. The van der Waals surface area contributed by atoms with Crippen molar-refractivity contribution in [2.45, 2.75) is 50.7 Å². The minimum absolute atomic E-state index is 0. The zero-order chi connectivity index (χ0) is 18.0. The minimum atomic E-state index is -0.186. The third kappa shape index (κ3) is 4.79. The van der Waals surface area contributed by atoms with E-state index in [2.05, 4.69) is 20.6 Å². The average molecular weight is 417 g/mol. The van der Waals surface area contributed by atoms with Crippen LogP contribution in [0.2, 0.25) is 0 Å². The number of carbonyl (C=O) groups is 1. The molecule has 0 bridgehead atoms. The number of amides is 1. The Morgan fingerprint density at radius 2 is 2.23 bits per heavy atom. The Balaban J connectivity index is 0.00000243. The van der Waals surface area contributed by atoms with Gasteiger partial charge in [0.2, 0.25) is 5.91 Å². The second-order valence-corrected chi connectivity index (χ2v) is 9.00. The summed E-state index contributed by atoms with van der Waals surface area (Å²) >= 11 is 3.03. The predicted octanol–water partition coefficient (Wildman–Crippen LogP) is 2.51. The number of aryl methyl sites for hydroxylation is 2. The molecule has 0 saturated carbocycles. The Bertz CT molecular complexity index is 830. The number of hydrogen-bond donors (Lipinski definition) is 3. The lowest BCUT2D eigenvalue weighted by atomic mass is 10.2. The van der Waals surface area contributed by atoms with Crippen LogP contribution in [-0.2, 0) is 10.5 Å². The van der Waals surface area contributed by atoms with Crippen LogP contribution in [0.5, 0.6) is 0 Å². The first kappa shape index (κ1) is 21.2. The van der Waals surface area contributed by atoms with Gasteiger partial charge in [-0.1, -0.05) is 0 Å². The highest BCUT2D eigenvalue weighted by Gasteiger charge is 2.19. The topological polar surface area (TPSA) is 86.9 Å². The fraction of sp³-hybridized carbons (Fsp3) is 0.588. The van der Waals surface area contributed by atoms with Gasteiger partial charge in [-0.2, -0.15) is 0 Å². The third-order valence-corrected chi connectivity index (χ3v) is 6.87. The molecule has 2 aromatic heterocycles. The van der Waals surface area contributed by atoms with E-state index in [9.17, 15) is 9.59 Å². The van der Waals surface area contributed by atoms with Crippen molar-refractivity contribution in [2.75, 3.05) is 13.1 Å².